The molecule has 170 valence electrons. The number of anilines is 1. The number of rotatable bonds is 7. The van der Waals surface area contributed by atoms with Gasteiger partial charge < -0.3 is 9.88 Å². The van der Waals surface area contributed by atoms with Crippen LogP contribution in [0.5, 0.6) is 0 Å². The summed E-state index contributed by atoms with van der Waals surface area (Å²) in [6.45, 7) is 11.2. The topological polar surface area (TPSA) is 61.3 Å². The van der Waals surface area contributed by atoms with Crippen LogP contribution in [0.2, 0.25) is 0 Å². The molecule has 0 unspecified atom stereocenters. The Morgan fingerprint density at radius 3 is 2.45 bits per heavy atom. The van der Waals surface area contributed by atoms with Crippen molar-refractivity contribution in [1.29, 1.82) is 0 Å². The molecule has 1 saturated heterocycles. The minimum Gasteiger partial charge on any atom is -0.325 e. The van der Waals surface area contributed by atoms with Gasteiger partial charge in [0, 0.05) is 38.4 Å². The van der Waals surface area contributed by atoms with Crippen LogP contribution in [0.25, 0.3) is 22.3 Å². The van der Waals surface area contributed by atoms with Gasteiger partial charge in [0.25, 0.3) is 0 Å². The second-order valence-corrected chi connectivity index (χ2v) is 8.91. The molecule has 1 fully saturated rings. The van der Waals surface area contributed by atoms with E-state index in [0.29, 0.717) is 0 Å². The van der Waals surface area contributed by atoms with E-state index in [2.05, 4.69) is 98.5 Å². The molecule has 0 aliphatic carbocycles. The third-order valence-corrected chi connectivity index (χ3v) is 6.71. The Morgan fingerprint density at radius 1 is 1.00 bits per heavy atom. The lowest BCUT2D eigenvalue weighted by Gasteiger charge is -2.34. The average Bonchev–Trinajstić information content (AvgIpc) is 3.31. The maximum atomic E-state index is 4.51. The SMILES string of the molecule is CCN1CCN(Cc2ccc(-c3cc4c(N[C@H](C)c5ccccc5)[nH+]cnc4[nH]3)cc2)CC1. The molecule has 1 aliphatic rings. The second-order valence-electron chi connectivity index (χ2n) is 8.91. The summed E-state index contributed by atoms with van der Waals surface area (Å²) in [7, 11) is 0. The number of benzene rings is 2. The number of H-pyrrole nitrogens is 2. The molecule has 5 rings (SSSR count). The number of hydrogen-bond acceptors (Lipinski definition) is 4. The molecule has 6 heteroatoms. The van der Waals surface area contributed by atoms with Crippen molar-refractivity contribution in [3.05, 3.63) is 78.1 Å². The summed E-state index contributed by atoms with van der Waals surface area (Å²) in [5, 5.41) is 4.67. The molecule has 0 saturated carbocycles. The van der Waals surface area contributed by atoms with Gasteiger partial charge in [-0.2, -0.15) is 0 Å². The summed E-state index contributed by atoms with van der Waals surface area (Å²) >= 11 is 0. The van der Waals surface area contributed by atoms with E-state index < -0.39 is 0 Å². The number of nitrogens with zero attached hydrogens (tertiary/aromatic N) is 3. The van der Waals surface area contributed by atoms with Crippen molar-refractivity contribution in [2.45, 2.75) is 26.4 Å². The Balaban J connectivity index is 1.30. The molecule has 33 heavy (non-hydrogen) atoms. The van der Waals surface area contributed by atoms with Crippen LogP contribution in [0.15, 0.2) is 67.0 Å². The summed E-state index contributed by atoms with van der Waals surface area (Å²) in [6.07, 6.45) is 1.74. The first-order chi connectivity index (χ1) is 16.2. The quantitative estimate of drug-likeness (QED) is 0.448. The number of likely N-dealkylation sites (N-methyl/N-ethyl adjacent to an activating group) is 1. The van der Waals surface area contributed by atoms with Gasteiger partial charge in [0.2, 0.25) is 17.8 Å². The van der Waals surface area contributed by atoms with Gasteiger partial charge in [-0.3, -0.25) is 10.2 Å². The molecule has 0 bridgehead atoms. The fourth-order valence-electron chi connectivity index (χ4n) is 4.60. The highest BCUT2D eigenvalue weighted by atomic mass is 15.3. The van der Waals surface area contributed by atoms with Gasteiger partial charge in [-0.25, -0.2) is 4.98 Å². The van der Waals surface area contributed by atoms with E-state index in [9.17, 15) is 0 Å². The van der Waals surface area contributed by atoms with Crippen LogP contribution in [0.4, 0.5) is 5.82 Å². The van der Waals surface area contributed by atoms with E-state index in [-0.39, 0.29) is 6.04 Å². The highest BCUT2D eigenvalue weighted by Crippen LogP contribution is 2.28. The van der Waals surface area contributed by atoms with Crippen molar-refractivity contribution in [2.75, 3.05) is 38.0 Å². The maximum absolute atomic E-state index is 4.51. The van der Waals surface area contributed by atoms with E-state index in [0.717, 1.165) is 48.7 Å². The number of aromatic amines is 2. The summed E-state index contributed by atoms with van der Waals surface area (Å²) in [4.78, 5) is 16.4. The first-order valence-corrected chi connectivity index (χ1v) is 11.9. The van der Waals surface area contributed by atoms with Gasteiger partial charge in [-0.15, -0.1) is 0 Å². The average molecular weight is 442 g/mol. The summed E-state index contributed by atoms with van der Waals surface area (Å²) in [5.41, 5.74) is 5.75. The fourth-order valence-corrected chi connectivity index (χ4v) is 4.60. The third-order valence-electron chi connectivity index (χ3n) is 6.71. The van der Waals surface area contributed by atoms with E-state index in [1.165, 1.54) is 29.8 Å². The predicted molar refractivity (Wildman–Crippen MR) is 134 cm³/mol. The van der Waals surface area contributed by atoms with Crippen molar-refractivity contribution in [3.8, 4) is 11.3 Å². The number of nitrogens with one attached hydrogen (secondary N) is 3. The molecule has 1 aliphatic heterocycles. The minimum absolute atomic E-state index is 0.185. The van der Waals surface area contributed by atoms with Gasteiger partial charge in [0.05, 0.1) is 6.04 Å². The molecule has 2 aromatic carbocycles. The van der Waals surface area contributed by atoms with Crippen LogP contribution >= 0.6 is 0 Å². The Kier molecular flexibility index (Phi) is 6.37. The Morgan fingerprint density at radius 2 is 1.73 bits per heavy atom. The lowest BCUT2D eigenvalue weighted by atomic mass is 10.1. The van der Waals surface area contributed by atoms with Crippen molar-refractivity contribution in [1.82, 2.24) is 19.8 Å². The zero-order chi connectivity index (χ0) is 22.6. The molecule has 3 heterocycles. The molecular weight excluding hydrogens is 408 g/mol. The second kappa shape index (κ2) is 9.73. The Labute approximate surface area is 195 Å². The third kappa shape index (κ3) is 4.92. The molecule has 1 atom stereocenters. The zero-order valence-electron chi connectivity index (χ0n) is 19.5. The van der Waals surface area contributed by atoms with Crippen LogP contribution < -0.4 is 10.3 Å². The van der Waals surface area contributed by atoms with Crippen LogP contribution in [0, 0.1) is 0 Å². The van der Waals surface area contributed by atoms with Crippen molar-refractivity contribution in [2.24, 2.45) is 0 Å². The molecule has 0 spiro atoms. The number of piperazine rings is 1. The van der Waals surface area contributed by atoms with Crippen LogP contribution in [0.1, 0.15) is 31.0 Å². The van der Waals surface area contributed by atoms with E-state index >= 15 is 0 Å². The number of hydrogen-bond donors (Lipinski definition) is 2. The van der Waals surface area contributed by atoms with Crippen LogP contribution in [-0.2, 0) is 6.54 Å². The maximum Gasteiger partial charge on any atom is 0.232 e. The lowest BCUT2D eigenvalue weighted by molar-refractivity contribution is -0.364. The Bertz CT molecular complexity index is 1180. The first-order valence-electron chi connectivity index (χ1n) is 11.9. The van der Waals surface area contributed by atoms with Gasteiger partial charge in [-0.05, 0) is 36.2 Å². The van der Waals surface area contributed by atoms with E-state index in [4.69, 9.17) is 0 Å². The normalized spacial score (nSPS) is 16.2. The van der Waals surface area contributed by atoms with Gasteiger partial charge in [-0.1, -0.05) is 66.5 Å². The molecule has 0 amide bonds. The smallest absolute Gasteiger partial charge is 0.232 e. The minimum atomic E-state index is 0.185. The van der Waals surface area contributed by atoms with Crippen LogP contribution in [-0.4, -0.2) is 52.5 Å². The number of fused-ring (bicyclic) bond motifs is 1. The molecule has 6 nitrogen and oxygen atoms in total. The molecule has 2 aromatic heterocycles. The van der Waals surface area contributed by atoms with Gasteiger partial charge in [0.15, 0.2) is 0 Å². The van der Waals surface area contributed by atoms with E-state index in [1.807, 2.05) is 6.07 Å². The van der Waals surface area contributed by atoms with Crippen molar-refractivity contribution in [3.63, 3.8) is 0 Å². The summed E-state index contributed by atoms with van der Waals surface area (Å²) in [5.74, 6) is 0.974. The molecule has 0 radical (unpaired) electrons. The number of aromatic nitrogens is 3. The lowest BCUT2D eigenvalue weighted by Crippen LogP contribution is -2.45. The van der Waals surface area contributed by atoms with Crippen molar-refractivity contribution < 1.29 is 4.98 Å². The van der Waals surface area contributed by atoms with E-state index in [1.54, 1.807) is 6.33 Å². The highest BCUT2D eigenvalue weighted by Gasteiger charge is 2.18. The summed E-state index contributed by atoms with van der Waals surface area (Å²) in [6, 6.07) is 21.8. The largest absolute Gasteiger partial charge is 0.325 e. The van der Waals surface area contributed by atoms with Gasteiger partial charge >= 0.3 is 0 Å². The standard InChI is InChI=1S/C27H32N6/c1-3-32-13-15-33(16-14-32)18-21-9-11-23(12-10-21)25-17-24-26(28-19-29-27(24)31-25)30-20(2)22-7-5-4-6-8-22/h4-12,17,19-20H,3,13-16,18H2,1-2H3,(H2,28,29,30,31)/p+1/t20-/m1/s1. The molecular formula is C27H33N6+. The molecule has 4 aromatic rings. The summed E-state index contributed by atoms with van der Waals surface area (Å²) < 4.78 is 0. The fraction of sp³-hybridized carbons (Fsp3) is 0.333. The molecule has 3 N–H and O–H groups in total. The Hall–Kier alpha value is -3.22. The first kappa shape index (κ1) is 21.6. The van der Waals surface area contributed by atoms with Gasteiger partial charge in [0.1, 0.15) is 5.39 Å². The monoisotopic (exact) mass is 441 g/mol. The predicted octanol–water partition coefficient (Wildman–Crippen LogP) is 4.35. The van der Waals surface area contributed by atoms with Crippen LogP contribution in [0.3, 0.4) is 0 Å². The highest BCUT2D eigenvalue weighted by molar-refractivity contribution is 5.90. The zero-order valence-corrected chi connectivity index (χ0v) is 19.5. The van der Waals surface area contributed by atoms with Crippen molar-refractivity contribution >= 4 is 16.9 Å².